The molecule has 1 aliphatic heterocycles. The predicted molar refractivity (Wildman–Crippen MR) is 75.7 cm³/mol. The zero-order chi connectivity index (χ0) is 13.7. The molecule has 0 amide bonds. The van der Waals surface area contributed by atoms with Gasteiger partial charge in [0.15, 0.2) is 0 Å². The molecule has 1 aliphatic rings. The van der Waals surface area contributed by atoms with E-state index in [2.05, 4.69) is 5.32 Å². The van der Waals surface area contributed by atoms with Crippen molar-refractivity contribution in [2.45, 2.75) is 19.4 Å². The Balaban J connectivity index is 1.81. The maximum Gasteiger partial charge on any atom is 0.308 e. The molecule has 1 unspecified atom stereocenters. The number of rotatable bonds is 6. The lowest BCUT2D eigenvalue weighted by atomic mass is 9.86. The molecule has 2 rings (SSSR count). The molecule has 0 saturated carbocycles. The average molecular weight is 304 g/mol. The minimum atomic E-state index is -0.720. The SMILES string of the molecule is O=C(O)C(CNCc1csc(Cl)c1)C1CCOCC1. The van der Waals surface area contributed by atoms with E-state index in [1.54, 1.807) is 0 Å². The van der Waals surface area contributed by atoms with E-state index in [0.29, 0.717) is 26.3 Å². The van der Waals surface area contributed by atoms with E-state index in [-0.39, 0.29) is 11.8 Å². The Labute approximate surface area is 121 Å². The second-order valence-electron chi connectivity index (χ2n) is 4.78. The number of thiophene rings is 1. The van der Waals surface area contributed by atoms with Crippen LogP contribution >= 0.6 is 22.9 Å². The van der Waals surface area contributed by atoms with Crippen molar-refractivity contribution in [1.29, 1.82) is 0 Å². The molecule has 0 bridgehead atoms. The van der Waals surface area contributed by atoms with Gasteiger partial charge in [-0.3, -0.25) is 4.79 Å². The highest BCUT2D eigenvalue weighted by Crippen LogP contribution is 2.24. The Morgan fingerprint density at radius 1 is 1.58 bits per heavy atom. The zero-order valence-corrected chi connectivity index (χ0v) is 12.2. The number of carboxylic acids is 1. The fraction of sp³-hybridized carbons (Fsp3) is 0.615. The first kappa shape index (κ1) is 14.8. The first-order valence-corrected chi connectivity index (χ1v) is 7.66. The van der Waals surface area contributed by atoms with Crippen LogP contribution in [0.3, 0.4) is 0 Å². The molecule has 1 aromatic heterocycles. The minimum Gasteiger partial charge on any atom is -0.481 e. The molecule has 6 heteroatoms. The van der Waals surface area contributed by atoms with Gasteiger partial charge in [-0.1, -0.05) is 11.6 Å². The Morgan fingerprint density at radius 3 is 2.89 bits per heavy atom. The van der Waals surface area contributed by atoms with Gasteiger partial charge in [0.05, 0.1) is 10.3 Å². The Hall–Kier alpha value is -0.620. The number of ether oxygens (including phenoxy) is 1. The summed E-state index contributed by atoms with van der Waals surface area (Å²) in [4.78, 5) is 11.3. The average Bonchev–Trinajstić information content (AvgIpc) is 2.81. The summed E-state index contributed by atoms with van der Waals surface area (Å²) in [5, 5.41) is 14.5. The summed E-state index contributed by atoms with van der Waals surface area (Å²) in [6.45, 7) is 2.51. The van der Waals surface area contributed by atoms with Gasteiger partial charge in [0.25, 0.3) is 0 Å². The van der Waals surface area contributed by atoms with Crippen LogP contribution < -0.4 is 5.32 Å². The van der Waals surface area contributed by atoms with Gasteiger partial charge in [-0.15, -0.1) is 11.3 Å². The lowest BCUT2D eigenvalue weighted by molar-refractivity contribution is -0.144. The third-order valence-electron chi connectivity index (χ3n) is 3.47. The summed E-state index contributed by atoms with van der Waals surface area (Å²) in [5.74, 6) is -0.842. The molecule has 1 saturated heterocycles. The molecule has 0 aliphatic carbocycles. The highest BCUT2D eigenvalue weighted by Gasteiger charge is 2.29. The van der Waals surface area contributed by atoms with Crippen molar-refractivity contribution in [3.05, 3.63) is 21.3 Å². The van der Waals surface area contributed by atoms with Crippen molar-refractivity contribution in [3.8, 4) is 0 Å². The van der Waals surface area contributed by atoms with Gasteiger partial charge in [0.2, 0.25) is 0 Å². The van der Waals surface area contributed by atoms with Gasteiger partial charge in [-0.05, 0) is 35.8 Å². The van der Waals surface area contributed by atoms with Gasteiger partial charge in [0, 0.05) is 26.3 Å². The van der Waals surface area contributed by atoms with E-state index in [1.165, 1.54) is 11.3 Å². The summed E-state index contributed by atoms with van der Waals surface area (Å²) < 4.78 is 6.04. The third-order valence-corrected chi connectivity index (χ3v) is 4.61. The second kappa shape index (κ2) is 7.24. The van der Waals surface area contributed by atoms with Gasteiger partial charge in [-0.25, -0.2) is 0 Å². The molecule has 0 aromatic carbocycles. The zero-order valence-electron chi connectivity index (χ0n) is 10.6. The van der Waals surface area contributed by atoms with Crippen molar-refractivity contribution < 1.29 is 14.6 Å². The molecule has 1 atom stereocenters. The fourth-order valence-electron chi connectivity index (χ4n) is 2.38. The van der Waals surface area contributed by atoms with Gasteiger partial charge >= 0.3 is 5.97 Å². The molecule has 1 aromatic rings. The number of hydrogen-bond acceptors (Lipinski definition) is 4. The van der Waals surface area contributed by atoms with Crippen molar-refractivity contribution in [2.24, 2.45) is 11.8 Å². The van der Waals surface area contributed by atoms with Crippen molar-refractivity contribution in [3.63, 3.8) is 0 Å². The monoisotopic (exact) mass is 303 g/mol. The largest absolute Gasteiger partial charge is 0.481 e. The molecule has 19 heavy (non-hydrogen) atoms. The predicted octanol–water partition coefficient (Wildman–Crippen LogP) is 2.62. The van der Waals surface area contributed by atoms with Crippen LogP contribution in [0.15, 0.2) is 11.4 Å². The van der Waals surface area contributed by atoms with Gasteiger partial charge in [0.1, 0.15) is 0 Å². The highest BCUT2D eigenvalue weighted by atomic mass is 35.5. The number of carboxylic acid groups (broad SMARTS) is 1. The van der Waals surface area contributed by atoms with Crippen molar-refractivity contribution >= 4 is 28.9 Å². The van der Waals surface area contributed by atoms with Crippen LogP contribution in [-0.4, -0.2) is 30.8 Å². The standard InChI is InChI=1S/C13H18ClNO3S/c14-12-5-9(8-19-12)6-15-7-11(13(16)17)10-1-3-18-4-2-10/h5,8,10-11,15H,1-4,6-7H2,(H,16,17). The van der Waals surface area contributed by atoms with Crippen LogP contribution in [0, 0.1) is 11.8 Å². The topological polar surface area (TPSA) is 58.6 Å². The Morgan fingerprint density at radius 2 is 2.32 bits per heavy atom. The first-order valence-electron chi connectivity index (χ1n) is 6.41. The molecule has 1 fully saturated rings. The van der Waals surface area contributed by atoms with Crippen LogP contribution in [0.4, 0.5) is 0 Å². The van der Waals surface area contributed by atoms with Crippen LogP contribution in [0.1, 0.15) is 18.4 Å². The fourth-order valence-corrected chi connectivity index (χ4v) is 3.29. The summed E-state index contributed by atoms with van der Waals surface area (Å²) >= 11 is 7.35. The first-order chi connectivity index (χ1) is 9.16. The van der Waals surface area contributed by atoms with E-state index in [0.717, 1.165) is 22.7 Å². The lowest BCUT2D eigenvalue weighted by Gasteiger charge is -2.27. The Kier molecular flexibility index (Phi) is 5.63. The van der Waals surface area contributed by atoms with E-state index in [1.807, 2.05) is 11.4 Å². The summed E-state index contributed by atoms with van der Waals surface area (Å²) in [7, 11) is 0. The maximum absolute atomic E-state index is 11.3. The smallest absolute Gasteiger partial charge is 0.308 e. The van der Waals surface area contributed by atoms with Crippen LogP contribution in [-0.2, 0) is 16.1 Å². The minimum absolute atomic E-state index is 0.213. The van der Waals surface area contributed by atoms with Crippen molar-refractivity contribution in [1.82, 2.24) is 5.32 Å². The van der Waals surface area contributed by atoms with E-state index in [4.69, 9.17) is 16.3 Å². The van der Waals surface area contributed by atoms with Crippen LogP contribution in [0.2, 0.25) is 4.34 Å². The summed E-state index contributed by atoms with van der Waals surface area (Å²) in [5.41, 5.74) is 1.10. The number of carbonyl (C=O) groups is 1. The molecule has 0 radical (unpaired) electrons. The van der Waals surface area contributed by atoms with Crippen LogP contribution in [0.25, 0.3) is 0 Å². The van der Waals surface area contributed by atoms with Crippen LogP contribution in [0.5, 0.6) is 0 Å². The van der Waals surface area contributed by atoms with Gasteiger partial charge < -0.3 is 15.2 Å². The molecular weight excluding hydrogens is 286 g/mol. The Bertz CT molecular complexity index is 418. The summed E-state index contributed by atoms with van der Waals surface area (Å²) in [6, 6.07) is 1.91. The van der Waals surface area contributed by atoms with E-state index >= 15 is 0 Å². The van der Waals surface area contributed by atoms with E-state index < -0.39 is 5.97 Å². The maximum atomic E-state index is 11.3. The molecule has 0 spiro atoms. The molecule has 4 nitrogen and oxygen atoms in total. The normalized spacial score (nSPS) is 18.4. The van der Waals surface area contributed by atoms with E-state index in [9.17, 15) is 9.90 Å². The van der Waals surface area contributed by atoms with Crippen molar-refractivity contribution in [2.75, 3.05) is 19.8 Å². The number of nitrogens with one attached hydrogen (secondary N) is 1. The number of hydrogen-bond donors (Lipinski definition) is 2. The molecule has 2 heterocycles. The van der Waals surface area contributed by atoms with Gasteiger partial charge in [-0.2, -0.15) is 0 Å². The molecule has 106 valence electrons. The molecule has 2 N–H and O–H groups in total. The number of aliphatic carboxylic acids is 1. The third kappa shape index (κ3) is 4.45. The number of halogens is 1. The lowest BCUT2D eigenvalue weighted by Crippen LogP contribution is -2.36. The summed E-state index contributed by atoms with van der Waals surface area (Å²) in [6.07, 6.45) is 1.67. The second-order valence-corrected chi connectivity index (χ2v) is 6.33. The molecular formula is C13H18ClNO3S. The quantitative estimate of drug-likeness (QED) is 0.848. The highest BCUT2D eigenvalue weighted by molar-refractivity contribution is 7.14.